The molecule has 2 heterocycles. The Morgan fingerprint density at radius 1 is 1.42 bits per heavy atom. The topological polar surface area (TPSA) is 63.3 Å². The standard InChI is InChI=1S/C15H24BrN7.HI/c1-5-17-15(18-8-14-20-19-11-23(14)6-2)22(4)10-13-7-12(16)9-21(13)3;/h7,9,11H,5-6,8,10H2,1-4H3,(H,17,18);1H. The van der Waals surface area contributed by atoms with Crippen LogP contribution in [0.5, 0.6) is 0 Å². The molecule has 0 bridgehead atoms. The minimum atomic E-state index is 0. The van der Waals surface area contributed by atoms with E-state index in [4.69, 9.17) is 0 Å². The Balaban J connectivity index is 0.00000288. The van der Waals surface area contributed by atoms with Gasteiger partial charge < -0.3 is 19.4 Å². The van der Waals surface area contributed by atoms with Crippen LogP contribution in [0.2, 0.25) is 0 Å². The summed E-state index contributed by atoms with van der Waals surface area (Å²) in [5, 5.41) is 11.4. The smallest absolute Gasteiger partial charge is 0.194 e. The molecule has 9 heteroatoms. The highest BCUT2D eigenvalue weighted by atomic mass is 127. The normalized spacial score (nSPS) is 11.3. The van der Waals surface area contributed by atoms with Gasteiger partial charge in [0.05, 0.1) is 6.54 Å². The fourth-order valence-corrected chi connectivity index (χ4v) is 2.89. The van der Waals surface area contributed by atoms with Crippen LogP contribution in [-0.4, -0.2) is 43.8 Å². The summed E-state index contributed by atoms with van der Waals surface area (Å²) in [4.78, 5) is 6.79. The van der Waals surface area contributed by atoms with E-state index in [2.05, 4.69) is 72.0 Å². The zero-order valence-electron chi connectivity index (χ0n) is 14.5. The van der Waals surface area contributed by atoms with Crippen LogP contribution in [0.4, 0.5) is 0 Å². The van der Waals surface area contributed by atoms with Crippen molar-refractivity contribution < 1.29 is 0 Å². The van der Waals surface area contributed by atoms with E-state index in [1.165, 1.54) is 5.69 Å². The number of hydrogen-bond acceptors (Lipinski definition) is 3. The molecular weight excluding hydrogens is 485 g/mol. The van der Waals surface area contributed by atoms with Crippen molar-refractivity contribution in [3.8, 4) is 0 Å². The van der Waals surface area contributed by atoms with Crippen molar-refractivity contribution >= 4 is 45.9 Å². The first kappa shape index (κ1) is 20.9. The van der Waals surface area contributed by atoms with Gasteiger partial charge in [-0.05, 0) is 35.8 Å². The average molecular weight is 510 g/mol. The predicted octanol–water partition coefficient (Wildman–Crippen LogP) is 2.61. The van der Waals surface area contributed by atoms with Gasteiger partial charge in [0.15, 0.2) is 11.8 Å². The first-order chi connectivity index (χ1) is 11.0. The second-order valence-electron chi connectivity index (χ2n) is 5.32. The van der Waals surface area contributed by atoms with Crippen LogP contribution in [-0.2, 0) is 26.7 Å². The van der Waals surface area contributed by atoms with Crippen LogP contribution in [0.3, 0.4) is 0 Å². The summed E-state index contributed by atoms with van der Waals surface area (Å²) in [6.07, 6.45) is 3.79. The molecule has 0 aliphatic heterocycles. The Bertz CT molecular complexity index is 665. The maximum atomic E-state index is 4.68. The van der Waals surface area contributed by atoms with E-state index in [9.17, 15) is 0 Å². The third kappa shape index (κ3) is 5.47. The lowest BCUT2D eigenvalue weighted by Crippen LogP contribution is -2.38. The molecular formula is C15H25BrIN7. The van der Waals surface area contributed by atoms with E-state index < -0.39 is 0 Å². The van der Waals surface area contributed by atoms with Gasteiger partial charge >= 0.3 is 0 Å². The van der Waals surface area contributed by atoms with Gasteiger partial charge in [0, 0.05) is 43.5 Å². The number of nitrogens with one attached hydrogen (secondary N) is 1. The molecule has 0 atom stereocenters. The number of aryl methyl sites for hydroxylation is 2. The van der Waals surface area contributed by atoms with Gasteiger partial charge in [-0.2, -0.15) is 0 Å². The minimum absolute atomic E-state index is 0. The first-order valence-electron chi connectivity index (χ1n) is 7.72. The van der Waals surface area contributed by atoms with Gasteiger partial charge in [-0.3, -0.25) is 0 Å². The molecule has 24 heavy (non-hydrogen) atoms. The summed E-state index contributed by atoms with van der Waals surface area (Å²) >= 11 is 3.51. The summed E-state index contributed by atoms with van der Waals surface area (Å²) in [6, 6.07) is 2.12. The van der Waals surface area contributed by atoms with Gasteiger partial charge in [-0.15, -0.1) is 34.2 Å². The van der Waals surface area contributed by atoms with Gasteiger partial charge in [-0.25, -0.2) is 4.99 Å². The molecule has 0 spiro atoms. The van der Waals surface area contributed by atoms with Crippen molar-refractivity contribution in [3.63, 3.8) is 0 Å². The lowest BCUT2D eigenvalue weighted by molar-refractivity contribution is 0.461. The van der Waals surface area contributed by atoms with E-state index >= 15 is 0 Å². The molecule has 0 unspecified atom stereocenters. The molecule has 2 aromatic rings. The molecule has 0 radical (unpaired) electrons. The minimum Gasteiger partial charge on any atom is -0.357 e. The highest BCUT2D eigenvalue weighted by molar-refractivity contribution is 14.0. The van der Waals surface area contributed by atoms with Crippen molar-refractivity contribution in [2.24, 2.45) is 12.0 Å². The van der Waals surface area contributed by atoms with Gasteiger partial charge in [0.1, 0.15) is 12.9 Å². The second-order valence-corrected chi connectivity index (χ2v) is 6.24. The Kier molecular flexibility index (Phi) is 8.74. The Labute approximate surface area is 168 Å². The molecule has 0 amide bonds. The SMILES string of the molecule is CCNC(=NCc1nncn1CC)N(C)Cc1cc(Br)cn1C.I. The van der Waals surface area contributed by atoms with Crippen molar-refractivity contribution in [2.45, 2.75) is 33.5 Å². The molecule has 0 saturated carbocycles. The van der Waals surface area contributed by atoms with Crippen LogP contribution in [0.1, 0.15) is 25.4 Å². The Morgan fingerprint density at radius 2 is 2.17 bits per heavy atom. The maximum Gasteiger partial charge on any atom is 0.194 e. The van der Waals surface area contributed by atoms with E-state index in [-0.39, 0.29) is 24.0 Å². The summed E-state index contributed by atoms with van der Waals surface area (Å²) < 4.78 is 5.19. The van der Waals surface area contributed by atoms with Crippen molar-refractivity contribution in [2.75, 3.05) is 13.6 Å². The third-order valence-corrected chi connectivity index (χ3v) is 4.01. The second kappa shape index (κ2) is 10.0. The molecule has 0 aromatic carbocycles. The largest absolute Gasteiger partial charge is 0.357 e. The van der Waals surface area contributed by atoms with Crippen molar-refractivity contribution in [1.29, 1.82) is 0 Å². The van der Waals surface area contributed by atoms with Crippen LogP contribution >= 0.6 is 39.9 Å². The number of nitrogens with zero attached hydrogens (tertiary/aromatic N) is 6. The maximum absolute atomic E-state index is 4.68. The van der Waals surface area contributed by atoms with E-state index in [0.717, 1.165) is 35.9 Å². The van der Waals surface area contributed by atoms with Crippen LogP contribution in [0.15, 0.2) is 28.1 Å². The number of guanidine groups is 1. The molecule has 7 nitrogen and oxygen atoms in total. The molecule has 0 aliphatic rings. The van der Waals surface area contributed by atoms with Crippen molar-refractivity contribution in [1.82, 2.24) is 29.5 Å². The number of aliphatic imine (C=N–C) groups is 1. The fourth-order valence-electron chi connectivity index (χ4n) is 2.32. The van der Waals surface area contributed by atoms with Crippen LogP contribution in [0.25, 0.3) is 0 Å². The molecule has 2 aromatic heterocycles. The Morgan fingerprint density at radius 3 is 2.75 bits per heavy atom. The van der Waals surface area contributed by atoms with E-state index in [1.807, 2.05) is 18.7 Å². The molecule has 2 rings (SSSR count). The molecule has 0 fully saturated rings. The summed E-state index contributed by atoms with van der Waals surface area (Å²) in [6.45, 7) is 7.09. The quantitative estimate of drug-likeness (QED) is 0.369. The summed E-state index contributed by atoms with van der Waals surface area (Å²) in [7, 11) is 4.08. The number of halogens is 2. The highest BCUT2D eigenvalue weighted by Gasteiger charge is 2.10. The lowest BCUT2D eigenvalue weighted by Gasteiger charge is -2.22. The summed E-state index contributed by atoms with van der Waals surface area (Å²) in [5.74, 6) is 1.73. The van der Waals surface area contributed by atoms with Gasteiger partial charge in [0.25, 0.3) is 0 Å². The van der Waals surface area contributed by atoms with E-state index in [1.54, 1.807) is 6.33 Å². The van der Waals surface area contributed by atoms with Crippen LogP contribution in [0, 0.1) is 0 Å². The monoisotopic (exact) mass is 509 g/mol. The first-order valence-corrected chi connectivity index (χ1v) is 8.51. The number of rotatable bonds is 6. The Hall–Kier alpha value is -1.10. The average Bonchev–Trinajstić information content (AvgIpc) is 3.09. The number of hydrogen-bond donors (Lipinski definition) is 1. The van der Waals surface area contributed by atoms with E-state index in [0.29, 0.717) is 6.54 Å². The molecule has 0 saturated heterocycles. The van der Waals surface area contributed by atoms with Gasteiger partial charge in [-0.1, -0.05) is 0 Å². The highest BCUT2D eigenvalue weighted by Crippen LogP contribution is 2.15. The third-order valence-electron chi connectivity index (χ3n) is 3.58. The number of aromatic nitrogens is 4. The zero-order chi connectivity index (χ0) is 16.8. The predicted molar refractivity (Wildman–Crippen MR) is 111 cm³/mol. The lowest BCUT2D eigenvalue weighted by atomic mass is 10.4. The van der Waals surface area contributed by atoms with Gasteiger partial charge in [0.2, 0.25) is 0 Å². The van der Waals surface area contributed by atoms with Crippen molar-refractivity contribution in [3.05, 3.63) is 34.6 Å². The fraction of sp³-hybridized carbons (Fsp3) is 0.533. The zero-order valence-corrected chi connectivity index (χ0v) is 18.4. The molecule has 0 aliphatic carbocycles. The molecule has 1 N–H and O–H groups in total. The van der Waals surface area contributed by atoms with Crippen LogP contribution < -0.4 is 5.32 Å². The summed E-state index contributed by atoms with van der Waals surface area (Å²) in [5.41, 5.74) is 1.21. The molecule has 134 valence electrons.